The van der Waals surface area contributed by atoms with E-state index in [1.54, 1.807) is 13.0 Å². The second kappa shape index (κ2) is 8.29. The number of benzene rings is 1. The monoisotopic (exact) mass is 376 g/mol. The predicted octanol–water partition coefficient (Wildman–Crippen LogP) is 2.09. The number of hydrogen-bond acceptors (Lipinski definition) is 5. The van der Waals surface area contributed by atoms with Crippen molar-refractivity contribution in [3.63, 3.8) is 0 Å². The van der Waals surface area contributed by atoms with Gasteiger partial charge in [-0.1, -0.05) is 12.5 Å². The molecule has 1 aliphatic rings. The molecule has 1 fully saturated rings. The molecular weight excluding hydrogens is 352 g/mol. The molecule has 1 aliphatic heterocycles. The van der Waals surface area contributed by atoms with Gasteiger partial charge in [0.1, 0.15) is 0 Å². The van der Waals surface area contributed by atoms with Crippen LogP contribution in [0, 0.1) is 6.92 Å². The molecule has 2 rings (SSSR count). The maximum absolute atomic E-state index is 13.0. The number of piperidine rings is 1. The largest absolute Gasteiger partial charge is 0.465 e. The molecule has 2 atom stereocenters. The van der Waals surface area contributed by atoms with Crippen molar-refractivity contribution in [3.05, 3.63) is 29.3 Å². The van der Waals surface area contributed by atoms with Crippen LogP contribution in [0.5, 0.6) is 0 Å². The Morgan fingerprint density at radius 2 is 2.04 bits per heavy atom. The van der Waals surface area contributed by atoms with Gasteiger partial charge in [0.25, 0.3) is 0 Å². The number of sulfonamides is 1. The minimum atomic E-state index is -3.69. The van der Waals surface area contributed by atoms with E-state index in [9.17, 15) is 13.2 Å². The zero-order valence-corrected chi connectivity index (χ0v) is 15.8. The van der Waals surface area contributed by atoms with E-state index in [2.05, 4.69) is 0 Å². The van der Waals surface area contributed by atoms with Crippen LogP contribution in [0.2, 0.25) is 0 Å². The Morgan fingerprint density at radius 3 is 2.62 bits per heavy atom. The van der Waals surface area contributed by atoms with Gasteiger partial charge in [0, 0.05) is 18.6 Å². The number of ether oxygens (including phenoxy) is 1. The van der Waals surface area contributed by atoms with Crippen LogP contribution in [0.15, 0.2) is 23.1 Å². The van der Waals surface area contributed by atoms with Gasteiger partial charge in [-0.25, -0.2) is 13.2 Å². The molecule has 0 aromatic heterocycles. The van der Waals surface area contributed by atoms with Gasteiger partial charge in [-0.05, 0) is 44.4 Å². The van der Waals surface area contributed by atoms with Crippen LogP contribution >= 0.6 is 12.4 Å². The van der Waals surface area contributed by atoms with Crippen LogP contribution in [0.4, 0.5) is 0 Å². The van der Waals surface area contributed by atoms with Gasteiger partial charge in [0.05, 0.1) is 17.6 Å². The van der Waals surface area contributed by atoms with Gasteiger partial charge in [-0.15, -0.1) is 12.4 Å². The van der Waals surface area contributed by atoms with Gasteiger partial charge < -0.3 is 10.5 Å². The first kappa shape index (κ1) is 20.9. The first-order valence-electron chi connectivity index (χ1n) is 7.75. The summed E-state index contributed by atoms with van der Waals surface area (Å²) in [6.45, 7) is 4.03. The van der Waals surface area contributed by atoms with Crippen molar-refractivity contribution in [2.24, 2.45) is 5.73 Å². The Bertz CT molecular complexity index is 691. The van der Waals surface area contributed by atoms with Crippen molar-refractivity contribution in [1.82, 2.24) is 4.31 Å². The van der Waals surface area contributed by atoms with E-state index in [0.717, 1.165) is 19.3 Å². The standard InChI is InChI=1S/C16H24N2O4S.ClH/c1-11-7-8-13(10-14(11)16(19)22-3)23(20,21)18-9-5-4-6-15(18)12(2)17;/h7-8,10,12,15H,4-6,9,17H2,1-3H3;1H. The molecule has 1 aromatic carbocycles. The highest BCUT2D eigenvalue weighted by Gasteiger charge is 2.35. The first-order valence-corrected chi connectivity index (χ1v) is 9.19. The Balaban J connectivity index is 0.00000288. The summed E-state index contributed by atoms with van der Waals surface area (Å²) >= 11 is 0. The van der Waals surface area contributed by atoms with Crippen molar-refractivity contribution in [2.45, 2.75) is 50.1 Å². The number of nitrogens with zero attached hydrogens (tertiary/aromatic N) is 1. The maximum atomic E-state index is 13.0. The molecule has 8 heteroatoms. The molecule has 0 saturated carbocycles. The third kappa shape index (κ3) is 4.08. The van der Waals surface area contributed by atoms with E-state index in [-0.39, 0.29) is 34.9 Å². The number of carbonyl (C=O) groups is 1. The summed E-state index contributed by atoms with van der Waals surface area (Å²) in [5.41, 5.74) is 6.92. The highest BCUT2D eigenvalue weighted by Crippen LogP contribution is 2.28. The van der Waals surface area contributed by atoms with Crippen molar-refractivity contribution in [2.75, 3.05) is 13.7 Å². The number of methoxy groups -OCH3 is 1. The van der Waals surface area contributed by atoms with E-state index in [1.165, 1.54) is 23.5 Å². The van der Waals surface area contributed by atoms with Crippen LogP contribution in [0.25, 0.3) is 0 Å². The number of rotatable bonds is 4. The van der Waals surface area contributed by atoms with Gasteiger partial charge in [-0.2, -0.15) is 4.31 Å². The van der Waals surface area contributed by atoms with Crippen LogP contribution in [0.1, 0.15) is 42.1 Å². The average molecular weight is 377 g/mol. The van der Waals surface area contributed by atoms with Gasteiger partial charge in [0.15, 0.2) is 0 Å². The fraction of sp³-hybridized carbons (Fsp3) is 0.562. The molecule has 0 spiro atoms. The Labute approximate surface area is 149 Å². The van der Waals surface area contributed by atoms with E-state index in [1.807, 2.05) is 6.92 Å². The molecule has 2 N–H and O–H groups in total. The van der Waals surface area contributed by atoms with Crippen molar-refractivity contribution >= 4 is 28.4 Å². The molecule has 1 heterocycles. The minimum absolute atomic E-state index is 0. The topological polar surface area (TPSA) is 89.7 Å². The lowest BCUT2D eigenvalue weighted by molar-refractivity contribution is 0.0599. The van der Waals surface area contributed by atoms with E-state index in [0.29, 0.717) is 12.1 Å². The molecule has 6 nitrogen and oxygen atoms in total. The summed E-state index contributed by atoms with van der Waals surface area (Å²) in [5.74, 6) is -0.540. The first-order chi connectivity index (χ1) is 10.8. The maximum Gasteiger partial charge on any atom is 0.338 e. The lowest BCUT2D eigenvalue weighted by Gasteiger charge is -2.37. The molecular formula is C16H25ClN2O4S. The number of hydrogen-bond donors (Lipinski definition) is 1. The summed E-state index contributed by atoms with van der Waals surface area (Å²) in [4.78, 5) is 11.9. The third-order valence-electron chi connectivity index (χ3n) is 4.33. The lowest BCUT2D eigenvalue weighted by Crippen LogP contribution is -2.51. The van der Waals surface area contributed by atoms with Gasteiger partial charge >= 0.3 is 5.97 Å². The molecule has 0 aliphatic carbocycles. The Hall–Kier alpha value is -1.15. The number of nitrogens with two attached hydrogens (primary N) is 1. The van der Waals surface area contributed by atoms with Crippen LogP contribution in [-0.2, 0) is 14.8 Å². The fourth-order valence-corrected chi connectivity index (χ4v) is 4.78. The third-order valence-corrected chi connectivity index (χ3v) is 6.25. The average Bonchev–Trinajstić information content (AvgIpc) is 2.54. The minimum Gasteiger partial charge on any atom is -0.465 e. The van der Waals surface area contributed by atoms with E-state index in [4.69, 9.17) is 10.5 Å². The van der Waals surface area contributed by atoms with Gasteiger partial charge in [0.2, 0.25) is 10.0 Å². The molecule has 1 aromatic rings. The molecule has 0 bridgehead atoms. The van der Waals surface area contributed by atoms with Crippen molar-refractivity contribution in [3.8, 4) is 0 Å². The number of esters is 1. The number of halogens is 1. The molecule has 24 heavy (non-hydrogen) atoms. The van der Waals surface area contributed by atoms with Crippen LogP contribution in [-0.4, -0.2) is 44.4 Å². The number of aryl methyl sites for hydroxylation is 1. The predicted molar refractivity (Wildman–Crippen MR) is 94.9 cm³/mol. The summed E-state index contributed by atoms with van der Waals surface area (Å²) < 4.78 is 32.2. The molecule has 0 radical (unpaired) electrons. The lowest BCUT2D eigenvalue weighted by atomic mass is 10.00. The molecule has 2 unspecified atom stereocenters. The Kier molecular flexibility index (Phi) is 7.22. The smallest absolute Gasteiger partial charge is 0.338 e. The zero-order chi connectivity index (χ0) is 17.2. The normalized spacial score (nSPS) is 20.1. The number of carbonyl (C=O) groups excluding carboxylic acids is 1. The second-order valence-electron chi connectivity index (χ2n) is 6.01. The molecule has 136 valence electrons. The summed E-state index contributed by atoms with van der Waals surface area (Å²) in [7, 11) is -2.41. The van der Waals surface area contributed by atoms with E-state index >= 15 is 0 Å². The van der Waals surface area contributed by atoms with E-state index < -0.39 is 16.0 Å². The quantitative estimate of drug-likeness (QED) is 0.812. The Morgan fingerprint density at radius 1 is 1.38 bits per heavy atom. The SMILES string of the molecule is COC(=O)c1cc(S(=O)(=O)N2CCCCC2C(C)N)ccc1C.Cl. The highest BCUT2D eigenvalue weighted by atomic mass is 35.5. The summed E-state index contributed by atoms with van der Waals surface area (Å²) in [6.07, 6.45) is 2.55. The molecule has 1 saturated heterocycles. The second-order valence-corrected chi connectivity index (χ2v) is 7.90. The summed E-state index contributed by atoms with van der Waals surface area (Å²) in [6, 6.07) is 4.10. The molecule has 0 amide bonds. The van der Waals surface area contributed by atoms with Crippen LogP contribution in [0.3, 0.4) is 0 Å². The zero-order valence-electron chi connectivity index (χ0n) is 14.2. The fourth-order valence-electron chi connectivity index (χ4n) is 2.98. The van der Waals surface area contributed by atoms with Crippen LogP contribution < -0.4 is 5.73 Å². The highest BCUT2D eigenvalue weighted by molar-refractivity contribution is 7.89. The van der Waals surface area contributed by atoms with Crippen molar-refractivity contribution in [1.29, 1.82) is 0 Å². The summed E-state index contributed by atoms with van der Waals surface area (Å²) in [5, 5.41) is 0. The van der Waals surface area contributed by atoms with Crippen molar-refractivity contribution < 1.29 is 17.9 Å². The van der Waals surface area contributed by atoms with Gasteiger partial charge in [-0.3, -0.25) is 0 Å².